The summed E-state index contributed by atoms with van der Waals surface area (Å²) in [6, 6.07) is 23.9. The summed E-state index contributed by atoms with van der Waals surface area (Å²) in [5.41, 5.74) is 1.42. The molecule has 52 heavy (non-hydrogen) atoms. The summed E-state index contributed by atoms with van der Waals surface area (Å²) in [6.45, 7) is 3.04. The van der Waals surface area contributed by atoms with Crippen molar-refractivity contribution in [2.24, 2.45) is 23.2 Å². The van der Waals surface area contributed by atoms with E-state index in [-0.39, 0.29) is 24.3 Å². The molecule has 2 bridgehead atoms. The van der Waals surface area contributed by atoms with Crippen molar-refractivity contribution in [2.75, 3.05) is 54.2 Å². The smallest absolute Gasteiger partial charge is 0.230 e. The minimum atomic E-state index is -0.991. The van der Waals surface area contributed by atoms with E-state index in [1.807, 2.05) is 72.8 Å². The van der Waals surface area contributed by atoms with Crippen LogP contribution >= 0.6 is 0 Å². The van der Waals surface area contributed by atoms with Crippen LogP contribution in [0.25, 0.3) is 0 Å². The summed E-state index contributed by atoms with van der Waals surface area (Å²) >= 11 is 0. The molecule has 9 heteroatoms. The van der Waals surface area contributed by atoms with Gasteiger partial charge < -0.3 is 29.0 Å². The second-order valence-electron chi connectivity index (χ2n) is 14.8. The molecule has 1 aliphatic heterocycles. The lowest BCUT2D eigenvalue weighted by molar-refractivity contribution is -0.133. The summed E-state index contributed by atoms with van der Waals surface area (Å²) in [6.07, 6.45) is 10.9. The fourth-order valence-corrected chi connectivity index (χ4v) is 8.26. The van der Waals surface area contributed by atoms with Crippen LogP contribution in [0.5, 0.6) is 17.2 Å². The minimum absolute atomic E-state index is 0.0249. The van der Waals surface area contributed by atoms with Gasteiger partial charge in [-0.2, -0.15) is 0 Å². The number of allylic oxidation sites excluding steroid dienone is 2. The number of fused-ring (bicyclic) bond motifs is 2. The van der Waals surface area contributed by atoms with E-state index < -0.39 is 11.0 Å². The van der Waals surface area contributed by atoms with E-state index in [1.54, 1.807) is 21.3 Å². The fraction of sp³-hybridized carbons (Fsp3) is 0.488. The highest BCUT2D eigenvalue weighted by Crippen LogP contribution is 2.45. The van der Waals surface area contributed by atoms with Crippen LogP contribution < -0.4 is 19.5 Å². The summed E-state index contributed by atoms with van der Waals surface area (Å²) < 4.78 is 23.7. The number of nitrogens with zero attached hydrogens (tertiary/aromatic N) is 1. The Morgan fingerprint density at radius 2 is 1.31 bits per heavy atom. The zero-order valence-corrected chi connectivity index (χ0v) is 30.9. The zero-order valence-electron chi connectivity index (χ0n) is 30.9. The van der Waals surface area contributed by atoms with Gasteiger partial charge in [-0.3, -0.25) is 14.9 Å². The molecule has 0 radical (unpaired) electrons. The molecule has 0 spiro atoms. The number of carbonyl (C=O) groups is 2. The number of likely N-dealkylation sites (tertiary alicyclic amines) is 1. The van der Waals surface area contributed by atoms with Gasteiger partial charge in [-0.1, -0.05) is 55.0 Å². The molecule has 2 fully saturated rings. The second-order valence-corrected chi connectivity index (χ2v) is 14.8. The Bertz CT molecular complexity index is 1530. The molecule has 278 valence electrons. The van der Waals surface area contributed by atoms with Gasteiger partial charge in [0.05, 0.1) is 34.5 Å². The van der Waals surface area contributed by atoms with Crippen molar-refractivity contribution in [1.29, 1.82) is 0 Å². The monoisotopic (exact) mass is 710 g/mol. The standard InChI is InChI=1S/C43H54N2O7/c1-49-36-16-10-33(11-17-36)43(34-12-18-37(50-2)19-13-34,35-14-20-38(51-3)21-15-35)52-30-42(29-46)22-25-45(26-23-42)24-6-4-5-7-40(47)44-41(48)39-28-31-8-9-32(39)27-31/h8-21,31-32,39,46H,4-7,22-30H2,1-3H3,(H,44,47,48). The topological polar surface area (TPSA) is 107 Å². The van der Waals surface area contributed by atoms with Gasteiger partial charge in [0.1, 0.15) is 22.8 Å². The van der Waals surface area contributed by atoms with E-state index in [0.29, 0.717) is 24.9 Å². The van der Waals surface area contributed by atoms with Crippen molar-refractivity contribution >= 4 is 11.8 Å². The highest BCUT2D eigenvalue weighted by Gasteiger charge is 2.43. The molecule has 2 N–H and O–H groups in total. The van der Waals surface area contributed by atoms with Crippen molar-refractivity contribution in [2.45, 2.75) is 57.0 Å². The van der Waals surface area contributed by atoms with Crippen LogP contribution in [0.1, 0.15) is 68.1 Å². The Morgan fingerprint density at radius 3 is 1.75 bits per heavy atom. The number of unbranched alkanes of at least 4 members (excludes halogenated alkanes) is 2. The van der Waals surface area contributed by atoms with Gasteiger partial charge in [0.25, 0.3) is 0 Å². The van der Waals surface area contributed by atoms with Crippen molar-refractivity contribution in [1.82, 2.24) is 10.2 Å². The van der Waals surface area contributed by atoms with Gasteiger partial charge in [0, 0.05) is 17.8 Å². The Balaban J connectivity index is 1.08. The van der Waals surface area contributed by atoms with Crippen molar-refractivity contribution < 1.29 is 33.6 Å². The van der Waals surface area contributed by atoms with E-state index in [1.165, 1.54) is 0 Å². The maximum absolute atomic E-state index is 12.6. The van der Waals surface area contributed by atoms with Crippen molar-refractivity contribution in [3.8, 4) is 17.2 Å². The predicted molar refractivity (Wildman–Crippen MR) is 200 cm³/mol. The Kier molecular flexibility index (Phi) is 12.4. The molecule has 2 aliphatic carbocycles. The number of carbonyl (C=O) groups excluding carboxylic acids is 2. The van der Waals surface area contributed by atoms with Gasteiger partial charge in [0.15, 0.2) is 0 Å². The highest BCUT2D eigenvalue weighted by molar-refractivity contribution is 5.96. The number of ether oxygens (including phenoxy) is 4. The number of benzene rings is 3. The molecule has 1 heterocycles. The Morgan fingerprint density at radius 1 is 0.769 bits per heavy atom. The quantitative estimate of drug-likeness (QED) is 0.0929. The molecular formula is C43H54N2O7. The van der Waals surface area contributed by atoms with Crippen LogP contribution in [-0.4, -0.2) is 76.0 Å². The summed E-state index contributed by atoms with van der Waals surface area (Å²) in [7, 11) is 4.97. The van der Waals surface area contributed by atoms with Crippen LogP contribution in [0, 0.1) is 23.2 Å². The number of imide groups is 1. The summed E-state index contributed by atoms with van der Waals surface area (Å²) in [4.78, 5) is 27.5. The van der Waals surface area contributed by atoms with E-state index >= 15 is 0 Å². The largest absolute Gasteiger partial charge is 0.497 e. The summed E-state index contributed by atoms with van der Waals surface area (Å²) in [5.74, 6) is 2.77. The molecule has 3 aliphatic rings. The number of amides is 2. The lowest BCUT2D eigenvalue weighted by atomic mass is 9.77. The van der Waals surface area contributed by atoms with Crippen LogP contribution in [0.2, 0.25) is 0 Å². The molecule has 2 amide bonds. The average molecular weight is 711 g/mol. The number of hydrogen-bond donors (Lipinski definition) is 2. The van der Waals surface area contributed by atoms with Crippen molar-refractivity contribution in [3.63, 3.8) is 0 Å². The molecule has 1 saturated heterocycles. The fourth-order valence-electron chi connectivity index (χ4n) is 8.26. The second kappa shape index (κ2) is 17.1. The number of hydrogen-bond acceptors (Lipinski definition) is 8. The van der Waals surface area contributed by atoms with Gasteiger partial charge >= 0.3 is 0 Å². The molecular weight excluding hydrogens is 656 g/mol. The number of rotatable bonds is 17. The van der Waals surface area contributed by atoms with Gasteiger partial charge in [-0.15, -0.1) is 0 Å². The van der Waals surface area contributed by atoms with E-state index in [9.17, 15) is 14.7 Å². The third-order valence-electron chi connectivity index (χ3n) is 11.6. The first kappa shape index (κ1) is 37.6. The molecule has 3 atom stereocenters. The number of aliphatic hydroxyl groups excluding tert-OH is 1. The Labute approximate surface area is 308 Å². The molecule has 3 aromatic rings. The normalized spacial score (nSPS) is 20.8. The van der Waals surface area contributed by atoms with Gasteiger partial charge in [-0.05, 0) is 123 Å². The molecule has 9 nitrogen and oxygen atoms in total. The first-order chi connectivity index (χ1) is 25.3. The van der Waals surface area contributed by atoms with Gasteiger partial charge in [-0.25, -0.2) is 0 Å². The first-order valence-corrected chi connectivity index (χ1v) is 18.7. The van der Waals surface area contributed by atoms with Crippen LogP contribution in [-0.2, 0) is 19.9 Å². The average Bonchev–Trinajstić information content (AvgIpc) is 3.84. The Hall–Kier alpha value is -4.18. The molecule has 3 unspecified atom stereocenters. The van der Waals surface area contributed by atoms with E-state index in [0.717, 1.165) is 98.5 Å². The SMILES string of the molecule is COc1ccc(C(OCC2(CO)CCN(CCCCCC(=O)NC(=O)C3CC4C=CC3C4)CC2)(c2ccc(OC)cc2)c2ccc(OC)cc2)cc1. The maximum atomic E-state index is 12.6. The maximum Gasteiger partial charge on any atom is 0.230 e. The lowest BCUT2D eigenvalue weighted by Gasteiger charge is -2.44. The van der Waals surface area contributed by atoms with E-state index in [4.69, 9.17) is 18.9 Å². The number of nitrogens with one attached hydrogen (secondary N) is 1. The third kappa shape index (κ3) is 8.38. The van der Waals surface area contributed by atoms with E-state index in [2.05, 4.69) is 22.4 Å². The number of methoxy groups -OCH3 is 3. The molecule has 3 aromatic carbocycles. The molecule has 6 rings (SSSR count). The third-order valence-corrected chi connectivity index (χ3v) is 11.6. The lowest BCUT2D eigenvalue weighted by Crippen LogP contribution is -2.47. The predicted octanol–water partition coefficient (Wildman–Crippen LogP) is 6.51. The van der Waals surface area contributed by atoms with Crippen LogP contribution in [0.3, 0.4) is 0 Å². The molecule has 1 saturated carbocycles. The molecule has 0 aromatic heterocycles. The number of piperidine rings is 1. The van der Waals surface area contributed by atoms with Crippen molar-refractivity contribution in [3.05, 3.63) is 102 Å². The number of aliphatic hydroxyl groups is 1. The first-order valence-electron chi connectivity index (χ1n) is 18.7. The van der Waals surface area contributed by atoms with Gasteiger partial charge in [0.2, 0.25) is 11.8 Å². The highest BCUT2D eigenvalue weighted by atomic mass is 16.5. The van der Waals surface area contributed by atoms with Crippen LogP contribution in [0.15, 0.2) is 84.9 Å². The van der Waals surface area contributed by atoms with Crippen LogP contribution in [0.4, 0.5) is 0 Å². The minimum Gasteiger partial charge on any atom is -0.497 e. The summed E-state index contributed by atoms with van der Waals surface area (Å²) in [5, 5.41) is 13.5. The zero-order chi connectivity index (χ0) is 36.6.